The van der Waals surface area contributed by atoms with Crippen LogP contribution in [0.1, 0.15) is 6.92 Å². The quantitative estimate of drug-likeness (QED) is 0.595. The van der Waals surface area contributed by atoms with Gasteiger partial charge in [0.15, 0.2) is 5.11 Å². The average Bonchev–Trinajstić information content (AvgIpc) is 2.60. The zero-order valence-corrected chi connectivity index (χ0v) is 15.7. The Morgan fingerprint density at radius 1 is 1.16 bits per heavy atom. The maximum atomic E-state index is 12.8. The van der Waals surface area contributed by atoms with Crippen LogP contribution in [0.25, 0.3) is 0 Å². The normalized spacial score (nSPS) is 10.8. The van der Waals surface area contributed by atoms with E-state index in [9.17, 15) is 8.42 Å². The summed E-state index contributed by atoms with van der Waals surface area (Å²) in [5.41, 5.74) is 1.40. The number of thiocarbonyl (C=S) groups is 1. The first-order valence-electron chi connectivity index (χ1n) is 7.52. The largest absolute Gasteiger partial charge is 0.495 e. The first-order valence-corrected chi connectivity index (χ1v) is 9.41. The number of methoxy groups -OCH3 is 1. The summed E-state index contributed by atoms with van der Waals surface area (Å²) in [4.78, 5) is 0.388. The number of anilines is 1. The monoisotopic (exact) mass is 376 g/mol. The molecule has 0 fully saturated rings. The van der Waals surface area contributed by atoms with Gasteiger partial charge in [-0.1, -0.05) is 30.4 Å². The van der Waals surface area contributed by atoms with Gasteiger partial charge in [0, 0.05) is 6.54 Å². The molecule has 0 bridgehead atoms. The minimum absolute atomic E-state index is 0.157. The molecule has 0 aromatic heterocycles. The zero-order valence-electron chi connectivity index (χ0n) is 14.1. The van der Waals surface area contributed by atoms with Gasteiger partial charge in [-0.05, 0) is 49.5 Å². The van der Waals surface area contributed by atoms with Gasteiger partial charge in [-0.3, -0.25) is 0 Å². The van der Waals surface area contributed by atoms with Gasteiger partial charge in [0.2, 0.25) is 9.84 Å². The molecule has 2 aromatic rings. The molecule has 7 heteroatoms. The van der Waals surface area contributed by atoms with Crippen LogP contribution in [0.15, 0.2) is 70.5 Å². The molecule has 0 aliphatic rings. The number of nitrogens with one attached hydrogen (secondary N) is 2. The van der Waals surface area contributed by atoms with Gasteiger partial charge in [0.25, 0.3) is 0 Å². The maximum Gasteiger partial charge on any atom is 0.206 e. The third-order valence-electron chi connectivity index (χ3n) is 3.33. The minimum atomic E-state index is -3.62. The predicted octanol–water partition coefficient (Wildman–Crippen LogP) is 3.39. The molecule has 132 valence electrons. The average molecular weight is 377 g/mol. The van der Waals surface area contributed by atoms with E-state index >= 15 is 0 Å². The molecule has 25 heavy (non-hydrogen) atoms. The lowest BCUT2D eigenvalue weighted by Gasteiger charge is -2.15. The Balaban J connectivity index is 2.34. The lowest BCUT2D eigenvalue weighted by atomic mass is 10.3. The molecule has 5 nitrogen and oxygen atoms in total. The fourth-order valence-corrected chi connectivity index (χ4v) is 3.58. The van der Waals surface area contributed by atoms with E-state index in [4.69, 9.17) is 17.0 Å². The SMILES string of the molecule is C=C(C)CNC(=S)Nc1cc(S(=O)(=O)c2ccccc2)ccc1OC. The number of benzene rings is 2. The Labute approximate surface area is 153 Å². The van der Waals surface area contributed by atoms with Crippen LogP contribution in [-0.4, -0.2) is 27.2 Å². The lowest BCUT2D eigenvalue weighted by molar-refractivity contribution is 0.416. The molecule has 2 aromatic carbocycles. The Bertz CT molecular complexity index is 878. The van der Waals surface area contributed by atoms with Crippen molar-refractivity contribution in [2.75, 3.05) is 19.0 Å². The fourth-order valence-electron chi connectivity index (χ4n) is 2.09. The standard InChI is InChI=1S/C18H20N2O3S2/c1-13(2)12-19-18(24)20-16-11-15(9-10-17(16)23-3)25(21,22)14-7-5-4-6-8-14/h4-11H,1,12H2,2-3H3,(H2,19,20,24). The van der Waals surface area contributed by atoms with Gasteiger partial charge in [0.05, 0.1) is 22.6 Å². The van der Waals surface area contributed by atoms with Crippen molar-refractivity contribution in [3.63, 3.8) is 0 Å². The van der Waals surface area contributed by atoms with Gasteiger partial charge < -0.3 is 15.4 Å². The van der Waals surface area contributed by atoms with E-state index in [2.05, 4.69) is 17.2 Å². The summed E-state index contributed by atoms with van der Waals surface area (Å²) in [6, 6.07) is 12.9. The molecule has 0 unspecified atom stereocenters. The van der Waals surface area contributed by atoms with Crippen LogP contribution >= 0.6 is 12.2 Å². The van der Waals surface area contributed by atoms with Gasteiger partial charge in [-0.25, -0.2) is 8.42 Å². The molecule has 0 aliphatic carbocycles. The highest BCUT2D eigenvalue weighted by molar-refractivity contribution is 7.91. The van der Waals surface area contributed by atoms with E-state index in [0.717, 1.165) is 5.57 Å². The number of rotatable bonds is 6. The minimum Gasteiger partial charge on any atom is -0.495 e. The Morgan fingerprint density at radius 3 is 2.44 bits per heavy atom. The number of hydrogen-bond donors (Lipinski definition) is 2. The molecule has 0 amide bonds. The molecule has 2 rings (SSSR count). The zero-order chi connectivity index (χ0) is 18.4. The molecule has 0 spiro atoms. The van der Waals surface area contributed by atoms with E-state index in [-0.39, 0.29) is 9.79 Å². The molecule has 0 atom stereocenters. The third kappa shape index (κ3) is 4.80. The van der Waals surface area contributed by atoms with Crippen LogP contribution in [0, 0.1) is 0 Å². The summed E-state index contributed by atoms with van der Waals surface area (Å²) in [6.07, 6.45) is 0. The Morgan fingerprint density at radius 2 is 1.84 bits per heavy atom. The number of hydrogen-bond acceptors (Lipinski definition) is 4. The van der Waals surface area contributed by atoms with Crippen LogP contribution in [0.2, 0.25) is 0 Å². The van der Waals surface area contributed by atoms with E-state index in [1.165, 1.54) is 19.2 Å². The van der Waals surface area contributed by atoms with E-state index in [1.54, 1.807) is 36.4 Å². The van der Waals surface area contributed by atoms with Crippen molar-refractivity contribution in [1.82, 2.24) is 5.32 Å². The van der Waals surface area contributed by atoms with Crippen molar-refractivity contribution in [1.29, 1.82) is 0 Å². The summed E-state index contributed by atoms with van der Waals surface area (Å²) in [6.45, 7) is 6.20. The van der Waals surface area contributed by atoms with Crippen molar-refractivity contribution in [2.45, 2.75) is 16.7 Å². The molecular formula is C18H20N2O3S2. The van der Waals surface area contributed by atoms with Gasteiger partial charge >= 0.3 is 0 Å². The smallest absolute Gasteiger partial charge is 0.206 e. The molecule has 0 saturated heterocycles. The summed E-state index contributed by atoms with van der Waals surface area (Å²) >= 11 is 5.22. The third-order valence-corrected chi connectivity index (χ3v) is 5.35. The Kier molecular flexibility index (Phi) is 6.17. The van der Waals surface area contributed by atoms with Crippen LogP contribution in [0.5, 0.6) is 5.75 Å². The van der Waals surface area contributed by atoms with Crippen molar-refractivity contribution >= 4 is 32.9 Å². The topological polar surface area (TPSA) is 67.4 Å². The van der Waals surface area contributed by atoms with Gasteiger partial charge in [-0.15, -0.1) is 0 Å². The second-order valence-corrected chi connectivity index (χ2v) is 7.80. The highest BCUT2D eigenvalue weighted by Gasteiger charge is 2.19. The van der Waals surface area contributed by atoms with E-state index in [1.807, 2.05) is 6.92 Å². The molecule has 0 radical (unpaired) electrons. The summed E-state index contributed by atoms with van der Waals surface area (Å²) in [5, 5.41) is 6.32. The van der Waals surface area contributed by atoms with E-state index in [0.29, 0.717) is 23.1 Å². The van der Waals surface area contributed by atoms with Crippen molar-refractivity contribution in [2.24, 2.45) is 0 Å². The predicted molar refractivity (Wildman–Crippen MR) is 104 cm³/mol. The van der Waals surface area contributed by atoms with E-state index < -0.39 is 9.84 Å². The first kappa shape index (κ1) is 19.0. The van der Waals surface area contributed by atoms with Crippen LogP contribution in [-0.2, 0) is 9.84 Å². The number of ether oxygens (including phenoxy) is 1. The second-order valence-electron chi connectivity index (χ2n) is 5.44. The van der Waals surface area contributed by atoms with Crippen LogP contribution in [0.4, 0.5) is 5.69 Å². The maximum absolute atomic E-state index is 12.8. The Hall–Kier alpha value is -2.38. The highest BCUT2D eigenvalue weighted by Crippen LogP contribution is 2.30. The second kappa shape index (κ2) is 8.13. The van der Waals surface area contributed by atoms with Gasteiger partial charge in [-0.2, -0.15) is 0 Å². The van der Waals surface area contributed by atoms with Crippen LogP contribution in [0.3, 0.4) is 0 Å². The fraction of sp³-hybridized carbons (Fsp3) is 0.167. The van der Waals surface area contributed by atoms with Crippen molar-refractivity contribution in [3.05, 3.63) is 60.7 Å². The summed E-state index contributed by atoms with van der Waals surface area (Å²) in [7, 11) is -2.11. The summed E-state index contributed by atoms with van der Waals surface area (Å²) in [5.74, 6) is 0.492. The van der Waals surface area contributed by atoms with Gasteiger partial charge in [0.1, 0.15) is 5.75 Å². The lowest BCUT2D eigenvalue weighted by Crippen LogP contribution is -2.29. The number of sulfone groups is 1. The van der Waals surface area contributed by atoms with Crippen molar-refractivity contribution in [3.8, 4) is 5.75 Å². The molecule has 0 heterocycles. The highest BCUT2D eigenvalue weighted by atomic mass is 32.2. The van der Waals surface area contributed by atoms with Crippen molar-refractivity contribution < 1.29 is 13.2 Å². The summed E-state index contributed by atoms with van der Waals surface area (Å²) < 4.78 is 30.8. The molecule has 0 saturated carbocycles. The molecule has 0 aliphatic heterocycles. The van der Waals surface area contributed by atoms with Crippen LogP contribution < -0.4 is 15.4 Å². The first-order chi connectivity index (χ1) is 11.8. The molecule has 2 N–H and O–H groups in total. The molecular weight excluding hydrogens is 356 g/mol.